The molecule has 1 heterocycles. The molecular weight excluding hydrogens is 339 g/mol. The Kier molecular flexibility index (Phi) is 5.83. The highest BCUT2D eigenvalue weighted by Crippen LogP contribution is 2.32. The molecule has 0 spiro atoms. The number of nitrogens with one attached hydrogen (secondary N) is 1. The molecule has 2 aromatic rings. The first-order valence-corrected chi connectivity index (χ1v) is 10.1. The molecule has 2 aromatic carbocycles. The molecule has 6 heteroatoms. The molecular formula is C19H23FN2O2S. The monoisotopic (exact) mass is 362 g/mol. The Hall–Kier alpha value is -1.76. The molecule has 0 aliphatic carbocycles. The fourth-order valence-electron chi connectivity index (χ4n) is 3.27. The Balaban J connectivity index is 1.82. The Morgan fingerprint density at radius 1 is 1.04 bits per heavy atom. The van der Waals surface area contributed by atoms with Gasteiger partial charge in [-0.25, -0.2) is 4.39 Å². The zero-order valence-electron chi connectivity index (χ0n) is 14.1. The molecule has 0 bridgehead atoms. The van der Waals surface area contributed by atoms with Gasteiger partial charge in [0.25, 0.3) is 10.2 Å². The van der Waals surface area contributed by atoms with Gasteiger partial charge in [-0.1, -0.05) is 55.3 Å². The van der Waals surface area contributed by atoms with E-state index in [0.717, 1.165) is 24.8 Å². The summed E-state index contributed by atoms with van der Waals surface area (Å²) in [6.45, 7) is 0.695. The number of benzene rings is 2. The summed E-state index contributed by atoms with van der Waals surface area (Å²) in [4.78, 5) is 0. The maximum absolute atomic E-state index is 13.6. The van der Waals surface area contributed by atoms with Gasteiger partial charge >= 0.3 is 0 Å². The van der Waals surface area contributed by atoms with Crippen LogP contribution in [0, 0.1) is 5.82 Å². The van der Waals surface area contributed by atoms with Gasteiger partial charge in [0.05, 0.1) is 6.04 Å². The Labute approximate surface area is 148 Å². The highest BCUT2D eigenvalue weighted by molar-refractivity contribution is 7.87. The van der Waals surface area contributed by atoms with E-state index in [1.54, 1.807) is 12.1 Å². The van der Waals surface area contributed by atoms with E-state index in [2.05, 4.69) is 4.72 Å². The van der Waals surface area contributed by atoms with Gasteiger partial charge in [-0.15, -0.1) is 0 Å². The van der Waals surface area contributed by atoms with Gasteiger partial charge in [-0.05, 0) is 36.1 Å². The molecule has 4 nitrogen and oxygen atoms in total. The molecule has 1 aliphatic rings. The molecule has 0 unspecified atom stereocenters. The maximum atomic E-state index is 13.6. The number of nitrogens with zero attached hydrogens (tertiary/aromatic N) is 1. The lowest BCUT2D eigenvalue weighted by molar-refractivity contribution is 0.323. The lowest BCUT2D eigenvalue weighted by atomic mass is 10.0. The van der Waals surface area contributed by atoms with Crippen molar-refractivity contribution in [2.75, 3.05) is 6.54 Å². The second-order valence-corrected chi connectivity index (χ2v) is 8.05. The smallest absolute Gasteiger partial charge is 0.207 e. The van der Waals surface area contributed by atoms with Crippen molar-refractivity contribution in [2.24, 2.45) is 0 Å². The largest absolute Gasteiger partial charge is 0.280 e. The number of hydrogen-bond donors (Lipinski definition) is 1. The molecule has 1 N–H and O–H groups in total. The summed E-state index contributed by atoms with van der Waals surface area (Å²) in [7, 11) is -3.65. The number of rotatable bonds is 5. The molecule has 134 valence electrons. The molecule has 1 saturated heterocycles. The predicted octanol–water partition coefficient (Wildman–Crippen LogP) is 3.78. The van der Waals surface area contributed by atoms with Crippen LogP contribution in [-0.2, 0) is 16.8 Å². The summed E-state index contributed by atoms with van der Waals surface area (Å²) in [5.74, 6) is -0.337. The minimum atomic E-state index is -3.65. The first kappa shape index (κ1) is 18.0. The van der Waals surface area contributed by atoms with Gasteiger partial charge in [0.2, 0.25) is 0 Å². The lowest BCUT2D eigenvalue weighted by Gasteiger charge is -2.29. The van der Waals surface area contributed by atoms with Crippen molar-refractivity contribution in [1.29, 1.82) is 0 Å². The van der Waals surface area contributed by atoms with Crippen LogP contribution in [0.5, 0.6) is 0 Å². The van der Waals surface area contributed by atoms with Crippen molar-refractivity contribution < 1.29 is 12.8 Å². The quantitative estimate of drug-likeness (QED) is 0.880. The SMILES string of the molecule is O=S(=O)(NCc1ccccc1)N1CCCCC[C@H]1c1cccc(F)c1. The van der Waals surface area contributed by atoms with Crippen molar-refractivity contribution in [3.63, 3.8) is 0 Å². The van der Waals surface area contributed by atoms with Crippen LogP contribution in [0.3, 0.4) is 0 Å². The normalized spacial score (nSPS) is 19.5. The van der Waals surface area contributed by atoms with Crippen LogP contribution in [0.1, 0.15) is 42.9 Å². The highest BCUT2D eigenvalue weighted by Gasteiger charge is 2.32. The zero-order valence-corrected chi connectivity index (χ0v) is 14.9. The average Bonchev–Trinajstić information content (AvgIpc) is 2.88. The van der Waals surface area contributed by atoms with Crippen LogP contribution in [0.4, 0.5) is 4.39 Å². The van der Waals surface area contributed by atoms with Crippen LogP contribution >= 0.6 is 0 Å². The van der Waals surface area contributed by atoms with Crippen molar-refractivity contribution >= 4 is 10.2 Å². The summed E-state index contributed by atoms with van der Waals surface area (Å²) < 4.78 is 43.6. The third-order valence-electron chi connectivity index (χ3n) is 4.55. The lowest BCUT2D eigenvalue weighted by Crippen LogP contribution is -2.42. The summed E-state index contributed by atoms with van der Waals surface area (Å²) in [5.41, 5.74) is 1.62. The third kappa shape index (κ3) is 4.66. The minimum absolute atomic E-state index is 0.246. The van der Waals surface area contributed by atoms with Gasteiger partial charge in [0.15, 0.2) is 0 Å². The van der Waals surface area contributed by atoms with Crippen LogP contribution in [0.2, 0.25) is 0 Å². The maximum Gasteiger partial charge on any atom is 0.280 e. The molecule has 0 saturated carbocycles. The molecule has 1 atom stereocenters. The molecule has 0 radical (unpaired) electrons. The Morgan fingerprint density at radius 3 is 2.60 bits per heavy atom. The van der Waals surface area contributed by atoms with E-state index in [9.17, 15) is 12.8 Å². The molecule has 0 aromatic heterocycles. The molecule has 1 fully saturated rings. The molecule has 25 heavy (non-hydrogen) atoms. The highest BCUT2D eigenvalue weighted by atomic mass is 32.2. The van der Waals surface area contributed by atoms with E-state index in [4.69, 9.17) is 0 Å². The second-order valence-electron chi connectivity index (χ2n) is 6.34. The molecule has 3 rings (SSSR count). The topological polar surface area (TPSA) is 49.4 Å². The van der Waals surface area contributed by atoms with Crippen LogP contribution in [0.15, 0.2) is 54.6 Å². The summed E-state index contributed by atoms with van der Waals surface area (Å²) in [5, 5.41) is 0. The minimum Gasteiger partial charge on any atom is -0.207 e. The van der Waals surface area contributed by atoms with E-state index < -0.39 is 10.2 Å². The molecule has 0 amide bonds. The van der Waals surface area contributed by atoms with E-state index in [1.807, 2.05) is 30.3 Å². The van der Waals surface area contributed by atoms with E-state index in [1.165, 1.54) is 16.4 Å². The zero-order chi connectivity index (χ0) is 17.7. The standard InChI is InChI=1S/C19H23FN2O2S/c20-18-11-7-10-17(14-18)19-12-5-2-6-13-22(19)25(23,24)21-15-16-8-3-1-4-9-16/h1,3-4,7-11,14,19,21H,2,5-6,12-13,15H2/t19-/m0/s1. The van der Waals surface area contributed by atoms with Gasteiger partial charge < -0.3 is 0 Å². The van der Waals surface area contributed by atoms with E-state index in [0.29, 0.717) is 18.5 Å². The fourth-order valence-corrected chi connectivity index (χ4v) is 4.72. The van der Waals surface area contributed by atoms with Crippen molar-refractivity contribution in [1.82, 2.24) is 9.03 Å². The molecule has 1 aliphatic heterocycles. The summed E-state index contributed by atoms with van der Waals surface area (Å²) in [6, 6.07) is 15.4. The number of hydrogen-bond acceptors (Lipinski definition) is 2. The predicted molar refractivity (Wildman–Crippen MR) is 96.5 cm³/mol. The second kappa shape index (κ2) is 8.08. The first-order chi connectivity index (χ1) is 12.1. The Bertz CT molecular complexity index is 796. The van der Waals surface area contributed by atoms with Crippen molar-refractivity contribution in [2.45, 2.75) is 38.3 Å². The summed E-state index contributed by atoms with van der Waals surface area (Å²) in [6.07, 6.45) is 3.44. The van der Waals surface area contributed by atoms with Crippen molar-refractivity contribution in [3.8, 4) is 0 Å². The average molecular weight is 362 g/mol. The van der Waals surface area contributed by atoms with Gasteiger partial charge in [-0.3, -0.25) is 0 Å². The van der Waals surface area contributed by atoms with E-state index in [-0.39, 0.29) is 18.4 Å². The van der Waals surface area contributed by atoms with Crippen LogP contribution in [-0.4, -0.2) is 19.3 Å². The van der Waals surface area contributed by atoms with Crippen LogP contribution in [0.25, 0.3) is 0 Å². The third-order valence-corrected chi connectivity index (χ3v) is 6.11. The van der Waals surface area contributed by atoms with E-state index >= 15 is 0 Å². The van der Waals surface area contributed by atoms with Gasteiger partial charge in [-0.2, -0.15) is 17.4 Å². The van der Waals surface area contributed by atoms with Crippen LogP contribution < -0.4 is 4.72 Å². The van der Waals surface area contributed by atoms with Crippen molar-refractivity contribution in [3.05, 3.63) is 71.5 Å². The Morgan fingerprint density at radius 2 is 1.84 bits per heavy atom. The van der Waals surface area contributed by atoms with Gasteiger partial charge in [0, 0.05) is 13.1 Å². The summed E-state index contributed by atoms with van der Waals surface area (Å²) >= 11 is 0. The fraction of sp³-hybridized carbons (Fsp3) is 0.368. The number of halogens is 1. The van der Waals surface area contributed by atoms with Gasteiger partial charge in [0.1, 0.15) is 5.82 Å². The first-order valence-electron chi connectivity index (χ1n) is 8.62.